The number of rotatable bonds is 5. The van der Waals surface area contributed by atoms with Crippen LogP contribution in [-0.4, -0.2) is 7.11 Å². The normalized spacial score (nSPS) is 10.5. The Morgan fingerprint density at radius 2 is 1.84 bits per heavy atom. The second-order valence-electron chi connectivity index (χ2n) is 4.17. The third-order valence-electron chi connectivity index (χ3n) is 2.81. The number of halogens is 2. The molecule has 2 aromatic carbocycles. The summed E-state index contributed by atoms with van der Waals surface area (Å²) in [6, 6.07) is 13.6. The summed E-state index contributed by atoms with van der Waals surface area (Å²) in [5.74, 6) is 0.861. The van der Waals surface area contributed by atoms with Crippen LogP contribution in [0.4, 0.5) is 0 Å². The predicted molar refractivity (Wildman–Crippen MR) is 80.0 cm³/mol. The highest BCUT2D eigenvalue weighted by atomic mass is 35.5. The third kappa shape index (κ3) is 3.87. The molecule has 2 nitrogen and oxygen atoms in total. The van der Waals surface area contributed by atoms with Crippen LogP contribution < -0.4 is 10.1 Å². The summed E-state index contributed by atoms with van der Waals surface area (Å²) in [6.45, 7) is 1.43. The van der Waals surface area contributed by atoms with Crippen molar-refractivity contribution in [3.63, 3.8) is 0 Å². The first kappa shape index (κ1) is 14.2. The van der Waals surface area contributed by atoms with Crippen LogP contribution >= 0.6 is 23.2 Å². The molecule has 0 aliphatic carbocycles. The topological polar surface area (TPSA) is 21.3 Å². The van der Waals surface area contributed by atoms with E-state index in [1.807, 2.05) is 30.3 Å². The fraction of sp³-hybridized carbons (Fsp3) is 0.200. The van der Waals surface area contributed by atoms with E-state index in [0.717, 1.165) is 23.4 Å². The molecule has 0 atom stereocenters. The van der Waals surface area contributed by atoms with Gasteiger partial charge in [-0.05, 0) is 29.3 Å². The predicted octanol–water partition coefficient (Wildman–Crippen LogP) is 4.29. The lowest BCUT2D eigenvalue weighted by molar-refractivity contribution is 0.414. The van der Waals surface area contributed by atoms with Crippen LogP contribution in [0.3, 0.4) is 0 Å². The largest absolute Gasteiger partial charge is 0.497 e. The highest BCUT2D eigenvalue weighted by Gasteiger charge is 2.03. The number of hydrogen-bond donors (Lipinski definition) is 1. The van der Waals surface area contributed by atoms with Crippen molar-refractivity contribution in [1.29, 1.82) is 0 Å². The van der Waals surface area contributed by atoms with Gasteiger partial charge in [-0.2, -0.15) is 0 Å². The number of benzene rings is 2. The van der Waals surface area contributed by atoms with Gasteiger partial charge in [0.15, 0.2) is 0 Å². The van der Waals surface area contributed by atoms with Crippen molar-refractivity contribution >= 4 is 23.2 Å². The molecule has 0 unspecified atom stereocenters. The Morgan fingerprint density at radius 3 is 2.63 bits per heavy atom. The number of hydrogen-bond acceptors (Lipinski definition) is 2. The van der Waals surface area contributed by atoms with Crippen molar-refractivity contribution in [2.75, 3.05) is 7.11 Å². The van der Waals surface area contributed by atoms with Crippen molar-refractivity contribution in [3.8, 4) is 5.75 Å². The summed E-state index contributed by atoms with van der Waals surface area (Å²) in [7, 11) is 1.66. The molecule has 0 aliphatic rings. The molecule has 4 heteroatoms. The van der Waals surface area contributed by atoms with E-state index >= 15 is 0 Å². The number of nitrogens with one attached hydrogen (secondary N) is 1. The molecule has 0 aromatic heterocycles. The molecule has 100 valence electrons. The second-order valence-corrected chi connectivity index (χ2v) is 4.95. The van der Waals surface area contributed by atoms with E-state index < -0.39 is 0 Å². The van der Waals surface area contributed by atoms with Gasteiger partial charge in [0.1, 0.15) is 5.75 Å². The average Bonchev–Trinajstić information content (AvgIpc) is 2.44. The Kier molecular flexibility index (Phi) is 5.08. The molecule has 0 radical (unpaired) electrons. The zero-order chi connectivity index (χ0) is 13.7. The molecule has 0 saturated heterocycles. The molecular formula is C15H15Cl2NO. The van der Waals surface area contributed by atoms with Crippen LogP contribution in [0.5, 0.6) is 5.75 Å². The smallest absolute Gasteiger partial charge is 0.119 e. The van der Waals surface area contributed by atoms with Gasteiger partial charge in [-0.3, -0.25) is 0 Å². The van der Waals surface area contributed by atoms with Crippen molar-refractivity contribution in [2.45, 2.75) is 13.1 Å². The minimum atomic E-state index is 0.586. The van der Waals surface area contributed by atoms with Crippen LogP contribution in [0.25, 0.3) is 0 Å². The Labute approximate surface area is 123 Å². The highest BCUT2D eigenvalue weighted by Crippen LogP contribution is 2.25. The Hall–Kier alpha value is -1.22. The van der Waals surface area contributed by atoms with Crippen molar-refractivity contribution in [3.05, 3.63) is 63.6 Å². The highest BCUT2D eigenvalue weighted by molar-refractivity contribution is 6.42. The lowest BCUT2D eigenvalue weighted by atomic mass is 10.2. The maximum atomic E-state index is 6.13. The fourth-order valence-electron chi connectivity index (χ4n) is 1.81. The lowest BCUT2D eigenvalue weighted by Gasteiger charge is -2.08. The zero-order valence-electron chi connectivity index (χ0n) is 10.6. The SMILES string of the molecule is COc1cccc(CNCc2cccc(Cl)c2Cl)c1. The molecular weight excluding hydrogens is 281 g/mol. The summed E-state index contributed by atoms with van der Waals surface area (Å²) in [4.78, 5) is 0. The second kappa shape index (κ2) is 6.80. The van der Waals surface area contributed by atoms with Gasteiger partial charge in [-0.15, -0.1) is 0 Å². The molecule has 2 aromatic rings. The molecule has 0 spiro atoms. The van der Waals surface area contributed by atoms with Gasteiger partial charge in [0.25, 0.3) is 0 Å². The first-order valence-electron chi connectivity index (χ1n) is 5.97. The summed E-state index contributed by atoms with van der Waals surface area (Å²) < 4.78 is 5.19. The van der Waals surface area contributed by atoms with Gasteiger partial charge in [0.2, 0.25) is 0 Å². The minimum Gasteiger partial charge on any atom is -0.497 e. The fourth-order valence-corrected chi connectivity index (χ4v) is 2.20. The average molecular weight is 296 g/mol. The van der Waals surface area contributed by atoms with E-state index in [4.69, 9.17) is 27.9 Å². The molecule has 0 fully saturated rings. The molecule has 19 heavy (non-hydrogen) atoms. The summed E-state index contributed by atoms with van der Waals surface area (Å²) in [6.07, 6.45) is 0. The van der Waals surface area contributed by atoms with Crippen LogP contribution in [0, 0.1) is 0 Å². The van der Waals surface area contributed by atoms with Gasteiger partial charge in [0, 0.05) is 13.1 Å². The van der Waals surface area contributed by atoms with Gasteiger partial charge in [-0.1, -0.05) is 47.5 Å². The maximum Gasteiger partial charge on any atom is 0.119 e. The molecule has 0 amide bonds. The van der Waals surface area contributed by atoms with E-state index in [1.54, 1.807) is 13.2 Å². The molecule has 1 N–H and O–H groups in total. The Balaban J connectivity index is 1.94. The Morgan fingerprint density at radius 1 is 1.05 bits per heavy atom. The molecule has 0 bridgehead atoms. The van der Waals surface area contributed by atoms with Gasteiger partial charge < -0.3 is 10.1 Å². The van der Waals surface area contributed by atoms with Gasteiger partial charge in [-0.25, -0.2) is 0 Å². The number of ether oxygens (including phenoxy) is 1. The summed E-state index contributed by atoms with van der Waals surface area (Å²) >= 11 is 12.1. The minimum absolute atomic E-state index is 0.586. The lowest BCUT2D eigenvalue weighted by Crippen LogP contribution is -2.13. The molecule has 0 aliphatic heterocycles. The number of methoxy groups -OCH3 is 1. The first-order valence-corrected chi connectivity index (χ1v) is 6.73. The Bertz CT molecular complexity index is 558. The standard InChI is InChI=1S/C15H15Cl2NO/c1-19-13-6-2-4-11(8-13)9-18-10-12-5-3-7-14(16)15(12)17/h2-8,18H,9-10H2,1H3. The van der Waals surface area contributed by atoms with E-state index in [-0.39, 0.29) is 0 Å². The van der Waals surface area contributed by atoms with Gasteiger partial charge in [0.05, 0.1) is 17.2 Å². The van der Waals surface area contributed by atoms with Crippen molar-refractivity contribution in [1.82, 2.24) is 5.32 Å². The van der Waals surface area contributed by atoms with Crippen LogP contribution in [-0.2, 0) is 13.1 Å². The van der Waals surface area contributed by atoms with E-state index in [1.165, 1.54) is 0 Å². The van der Waals surface area contributed by atoms with Crippen LogP contribution in [0.2, 0.25) is 10.0 Å². The van der Waals surface area contributed by atoms with Crippen LogP contribution in [0.1, 0.15) is 11.1 Å². The van der Waals surface area contributed by atoms with E-state index in [0.29, 0.717) is 16.6 Å². The molecule has 2 rings (SSSR count). The van der Waals surface area contributed by atoms with Crippen molar-refractivity contribution in [2.24, 2.45) is 0 Å². The van der Waals surface area contributed by atoms with Crippen LogP contribution in [0.15, 0.2) is 42.5 Å². The van der Waals surface area contributed by atoms with E-state index in [2.05, 4.69) is 11.4 Å². The maximum absolute atomic E-state index is 6.13. The van der Waals surface area contributed by atoms with Crippen molar-refractivity contribution < 1.29 is 4.74 Å². The first-order chi connectivity index (χ1) is 9.20. The monoisotopic (exact) mass is 295 g/mol. The van der Waals surface area contributed by atoms with E-state index in [9.17, 15) is 0 Å². The third-order valence-corrected chi connectivity index (χ3v) is 3.67. The summed E-state index contributed by atoms with van der Waals surface area (Å²) in [5, 5.41) is 4.54. The molecule has 0 heterocycles. The summed E-state index contributed by atoms with van der Waals surface area (Å²) in [5.41, 5.74) is 2.16. The molecule has 0 saturated carbocycles. The quantitative estimate of drug-likeness (QED) is 0.888. The van der Waals surface area contributed by atoms with Gasteiger partial charge >= 0.3 is 0 Å². The zero-order valence-corrected chi connectivity index (χ0v) is 12.1.